The molecule has 43 heavy (non-hydrogen) atoms. The van der Waals surface area contributed by atoms with E-state index in [9.17, 15) is 18.0 Å². The molecule has 3 aromatic heterocycles. The largest absolute Gasteiger partial charge is 0.462 e. The second-order valence-corrected chi connectivity index (χ2v) is 11.0. The summed E-state index contributed by atoms with van der Waals surface area (Å²) in [5, 5.41) is 1.93. The Bertz CT molecular complexity index is 1740. The third-order valence-electron chi connectivity index (χ3n) is 8.03. The number of carbonyl (C=O) groups excluding carboxylic acids is 1. The van der Waals surface area contributed by atoms with Gasteiger partial charge < -0.3 is 14.5 Å². The summed E-state index contributed by atoms with van der Waals surface area (Å²) in [5.41, 5.74) is 1.40. The van der Waals surface area contributed by atoms with Gasteiger partial charge in [0.25, 0.3) is 11.8 Å². The molecule has 0 unspecified atom stereocenters. The number of likely N-dealkylation sites (tertiary alicyclic amines) is 1. The number of rotatable bonds is 6. The van der Waals surface area contributed by atoms with Crippen molar-refractivity contribution in [2.45, 2.75) is 25.3 Å². The minimum Gasteiger partial charge on any atom is -0.462 e. The maximum absolute atomic E-state index is 16.4. The number of benzene rings is 1. The number of halogens is 4. The number of hydrogen-bond donors (Lipinski definition) is 0. The monoisotopic (exact) mass is 595 g/mol. The molecule has 2 saturated heterocycles. The second kappa shape index (κ2) is 11.0. The van der Waals surface area contributed by atoms with Crippen molar-refractivity contribution in [3.05, 3.63) is 60.6 Å². The summed E-state index contributed by atoms with van der Waals surface area (Å²) >= 11 is 0. The molecule has 0 bridgehead atoms. The van der Waals surface area contributed by atoms with Crippen molar-refractivity contribution >= 4 is 33.4 Å². The number of anilines is 1. The Balaban J connectivity index is 1.41. The molecule has 1 atom stereocenters. The van der Waals surface area contributed by atoms with Crippen molar-refractivity contribution < 1.29 is 27.1 Å². The molecule has 13 heteroatoms. The molecule has 4 aromatic rings. The van der Waals surface area contributed by atoms with Crippen LogP contribution in [0.15, 0.2) is 49.2 Å². The van der Waals surface area contributed by atoms with E-state index in [0.717, 1.165) is 16.3 Å². The molecular weight excluding hydrogens is 566 g/mol. The molecule has 6 rings (SSSR count). The van der Waals surface area contributed by atoms with Crippen LogP contribution in [0.3, 0.4) is 0 Å². The molecule has 5 heterocycles. The molecule has 0 saturated carbocycles. The van der Waals surface area contributed by atoms with Crippen LogP contribution in [-0.2, 0) is 4.79 Å². The van der Waals surface area contributed by atoms with Gasteiger partial charge in [0.1, 0.15) is 23.6 Å². The SMILES string of the molecule is C=C(F)C(=O)N1CCN(c2nc(OC[C@@H]3CC(F)(F)CN3C)nc3c(F)c(-c4cncc5cccc(C)c45)ncc23)CC1. The number of hydrogen-bond acceptors (Lipinski definition) is 8. The lowest BCUT2D eigenvalue weighted by molar-refractivity contribution is -0.128. The molecule has 2 aliphatic heterocycles. The summed E-state index contributed by atoms with van der Waals surface area (Å²) in [6, 6.07) is 4.94. The van der Waals surface area contributed by atoms with Gasteiger partial charge in [0, 0.05) is 68.2 Å². The molecule has 1 amide bonds. The number of nitrogens with zero attached hydrogens (tertiary/aromatic N) is 7. The average molecular weight is 596 g/mol. The van der Waals surface area contributed by atoms with Crippen molar-refractivity contribution in [3.8, 4) is 17.3 Å². The second-order valence-electron chi connectivity index (χ2n) is 11.0. The van der Waals surface area contributed by atoms with Crippen LogP contribution < -0.4 is 9.64 Å². The molecule has 0 N–H and O–H groups in total. The molecule has 1 aromatic carbocycles. The number of piperazine rings is 1. The van der Waals surface area contributed by atoms with Gasteiger partial charge in [-0.15, -0.1) is 0 Å². The standard InChI is InChI=1S/C30H29F4N7O2/c1-17-5-4-6-19-12-35-13-21(23(17)19)25-24(32)26-22(14-36-25)27(40-7-9-41(10-8-40)28(42)18(2)31)38-29(37-26)43-15-20-11-30(33,34)16-39(20)3/h4-6,12-14,20H,2,7-11,15-16H2,1,3H3/t20-/m0/s1. The van der Waals surface area contributed by atoms with E-state index in [0.29, 0.717) is 16.8 Å². The van der Waals surface area contributed by atoms with Crippen molar-refractivity contribution in [2.24, 2.45) is 0 Å². The molecule has 9 nitrogen and oxygen atoms in total. The average Bonchev–Trinajstić information content (AvgIpc) is 3.26. The molecular formula is C30H29F4N7O2. The van der Waals surface area contributed by atoms with Gasteiger partial charge in [0.15, 0.2) is 11.6 Å². The van der Waals surface area contributed by atoms with Gasteiger partial charge in [0.05, 0.1) is 11.9 Å². The maximum Gasteiger partial charge on any atom is 0.319 e. The van der Waals surface area contributed by atoms with Gasteiger partial charge in [-0.05, 0) is 24.9 Å². The number of likely N-dealkylation sites (N-methyl/N-ethyl adjacent to an activating group) is 1. The number of amides is 1. The van der Waals surface area contributed by atoms with E-state index in [1.54, 1.807) is 19.4 Å². The predicted octanol–water partition coefficient (Wildman–Crippen LogP) is 4.54. The van der Waals surface area contributed by atoms with Gasteiger partial charge >= 0.3 is 6.01 Å². The van der Waals surface area contributed by atoms with E-state index in [2.05, 4.69) is 26.5 Å². The lowest BCUT2D eigenvalue weighted by Gasteiger charge is -2.35. The fourth-order valence-electron chi connectivity index (χ4n) is 5.83. The zero-order valence-corrected chi connectivity index (χ0v) is 23.7. The highest BCUT2D eigenvalue weighted by Crippen LogP contribution is 2.36. The first-order chi connectivity index (χ1) is 20.5. The Morgan fingerprint density at radius 2 is 1.91 bits per heavy atom. The van der Waals surface area contributed by atoms with Crippen molar-refractivity contribution in [3.63, 3.8) is 0 Å². The molecule has 2 fully saturated rings. The Labute approximate surface area is 244 Å². The van der Waals surface area contributed by atoms with Gasteiger partial charge in [-0.1, -0.05) is 24.8 Å². The highest BCUT2D eigenvalue weighted by atomic mass is 19.3. The molecule has 0 spiro atoms. The van der Waals surface area contributed by atoms with Crippen molar-refractivity contribution in [1.82, 2.24) is 29.7 Å². The lowest BCUT2D eigenvalue weighted by Crippen LogP contribution is -2.49. The summed E-state index contributed by atoms with van der Waals surface area (Å²) in [5.74, 6) is -5.07. The van der Waals surface area contributed by atoms with Crippen LogP contribution in [0.5, 0.6) is 6.01 Å². The molecule has 0 aliphatic carbocycles. The van der Waals surface area contributed by atoms with E-state index >= 15 is 4.39 Å². The smallest absolute Gasteiger partial charge is 0.319 e. The number of pyridine rings is 2. The summed E-state index contributed by atoms with van der Waals surface area (Å²) in [6.07, 6.45) is 4.35. The molecule has 224 valence electrons. The Morgan fingerprint density at radius 1 is 1.14 bits per heavy atom. The number of aromatic nitrogens is 4. The van der Waals surface area contributed by atoms with Crippen LogP contribution in [0.4, 0.5) is 23.4 Å². The number of fused-ring (bicyclic) bond motifs is 2. The number of alkyl halides is 2. The van der Waals surface area contributed by atoms with Crippen LogP contribution in [0, 0.1) is 12.7 Å². The first-order valence-corrected chi connectivity index (χ1v) is 13.8. The van der Waals surface area contributed by atoms with Crippen LogP contribution in [0.25, 0.3) is 32.9 Å². The molecule has 0 radical (unpaired) electrons. The van der Waals surface area contributed by atoms with Gasteiger partial charge in [0.2, 0.25) is 0 Å². The summed E-state index contributed by atoms with van der Waals surface area (Å²) < 4.78 is 63.7. The third kappa shape index (κ3) is 5.44. The fraction of sp³-hybridized carbons (Fsp3) is 0.367. The lowest BCUT2D eigenvalue weighted by atomic mass is 10.00. The molecule has 2 aliphatic rings. The van der Waals surface area contributed by atoms with Crippen molar-refractivity contribution in [1.29, 1.82) is 0 Å². The number of carbonyl (C=O) groups is 1. The zero-order chi connectivity index (χ0) is 30.5. The van der Waals surface area contributed by atoms with Gasteiger partial charge in [-0.25, -0.2) is 17.6 Å². The van der Waals surface area contributed by atoms with E-state index in [1.165, 1.54) is 16.0 Å². The van der Waals surface area contributed by atoms with Crippen molar-refractivity contribution in [2.75, 3.05) is 51.3 Å². The summed E-state index contributed by atoms with van der Waals surface area (Å²) in [7, 11) is 1.59. The number of aryl methyl sites for hydroxylation is 1. The zero-order valence-electron chi connectivity index (χ0n) is 23.7. The van der Waals surface area contributed by atoms with E-state index in [4.69, 9.17) is 4.74 Å². The maximum atomic E-state index is 16.4. The number of ether oxygens (including phenoxy) is 1. The van der Waals surface area contributed by atoms with Crippen LogP contribution in [0.1, 0.15) is 12.0 Å². The van der Waals surface area contributed by atoms with Crippen LogP contribution in [0.2, 0.25) is 0 Å². The van der Waals surface area contributed by atoms with E-state index < -0.39 is 29.5 Å². The first kappa shape index (κ1) is 28.7. The summed E-state index contributed by atoms with van der Waals surface area (Å²) in [4.78, 5) is 34.4. The Hall–Kier alpha value is -4.39. The highest BCUT2D eigenvalue weighted by Gasteiger charge is 2.43. The minimum absolute atomic E-state index is 0.0440. The van der Waals surface area contributed by atoms with E-state index in [1.807, 2.05) is 30.0 Å². The van der Waals surface area contributed by atoms with E-state index in [-0.39, 0.29) is 63.0 Å². The Morgan fingerprint density at radius 3 is 2.60 bits per heavy atom. The summed E-state index contributed by atoms with van der Waals surface area (Å²) in [6.45, 7) is 5.38. The Kier molecular flexibility index (Phi) is 7.36. The van der Waals surface area contributed by atoms with Crippen LogP contribution in [-0.4, -0.2) is 94.0 Å². The first-order valence-electron chi connectivity index (χ1n) is 13.8. The quantitative estimate of drug-likeness (QED) is 0.237. The predicted molar refractivity (Wildman–Crippen MR) is 153 cm³/mol. The van der Waals surface area contributed by atoms with Gasteiger partial charge in [-0.3, -0.25) is 19.7 Å². The normalized spacial score (nSPS) is 18.9. The minimum atomic E-state index is -2.84. The highest BCUT2D eigenvalue weighted by molar-refractivity contribution is 6.00. The third-order valence-corrected chi connectivity index (χ3v) is 8.03. The van der Waals surface area contributed by atoms with Crippen LogP contribution >= 0.6 is 0 Å². The van der Waals surface area contributed by atoms with Gasteiger partial charge in [-0.2, -0.15) is 9.97 Å². The fourth-order valence-corrected chi connectivity index (χ4v) is 5.83. The topological polar surface area (TPSA) is 87.6 Å².